The SMILES string of the molecule is COc1ccc(C(=O)N[C@H]2C(=O)N/[N+](=C\c3ccccc3C)[C@@H]2c2ccc(Cl)cc2)cc1. The molecule has 0 unspecified atom stereocenters. The number of carbonyl (C=O) groups is 2. The third-order valence-corrected chi connectivity index (χ3v) is 5.71. The number of amides is 2. The Morgan fingerprint density at radius 3 is 2.41 bits per heavy atom. The quantitative estimate of drug-likeness (QED) is 0.585. The molecular formula is C25H23ClN3O3+. The van der Waals surface area contributed by atoms with E-state index in [1.54, 1.807) is 48.2 Å². The molecule has 162 valence electrons. The largest absolute Gasteiger partial charge is 0.497 e. The minimum atomic E-state index is -0.800. The van der Waals surface area contributed by atoms with Crippen LogP contribution in [0, 0.1) is 6.92 Å². The fourth-order valence-electron chi connectivity index (χ4n) is 3.69. The smallest absolute Gasteiger partial charge is 0.304 e. The van der Waals surface area contributed by atoms with E-state index in [2.05, 4.69) is 10.7 Å². The van der Waals surface area contributed by atoms with Gasteiger partial charge in [0.1, 0.15) is 5.75 Å². The molecule has 0 saturated carbocycles. The van der Waals surface area contributed by atoms with E-state index >= 15 is 0 Å². The van der Waals surface area contributed by atoms with Gasteiger partial charge in [0.2, 0.25) is 12.3 Å². The van der Waals surface area contributed by atoms with E-state index in [1.807, 2.05) is 49.5 Å². The van der Waals surface area contributed by atoms with Gasteiger partial charge in [-0.15, -0.1) is 10.1 Å². The third kappa shape index (κ3) is 4.50. The summed E-state index contributed by atoms with van der Waals surface area (Å²) in [5, 5.41) is 3.49. The lowest BCUT2D eigenvalue weighted by molar-refractivity contribution is -0.596. The zero-order valence-corrected chi connectivity index (χ0v) is 18.5. The Labute approximate surface area is 191 Å². The molecule has 1 heterocycles. The molecule has 3 aromatic carbocycles. The molecule has 1 fully saturated rings. The maximum Gasteiger partial charge on any atom is 0.304 e. The molecular weight excluding hydrogens is 426 g/mol. The van der Waals surface area contributed by atoms with E-state index in [1.165, 1.54) is 0 Å². The van der Waals surface area contributed by atoms with Gasteiger partial charge >= 0.3 is 5.91 Å². The fourth-order valence-corrected chi connectivity index (χ4v) is 3.81. The van der Waals surface area contributed by atoms with Crippen molar-refractivity contribution in [3.05, 3.63) is 100 Å². The molecule has 1 aliphatic heterocycles. The van der Waals surface area contributed by atoms with Crippen LogP contribution < -0.4 is 15.5 Å². The summed E-state index contributed by atoms with van der Waals surface area (Å²) in [6.45, 7) is 2.00. The Morgan fingerprint density at radius 1 is 1.06 bits per heavy atom. The first kappa shape index (κ1) is 21.6. The van der Waals surface area contributed by atoms with Gasteiger partial charge in [0.05, 0.1) is 7.11 Å². The number of aryl methyl sites for hydroxylation is 1. The molecule has 2 amide bonds. The van der Waals surface area contributed by atoms with Gasteiger partial charge in [-0.3, -0.25) is 9.59 Å². The van der Waals surface area contributed by atoms with Crippen molar-refractivity contribution in [2.24, 2.45) is 0 Å². The average molecular weight is 449 g/mol. The highest BCUT2D eigenvalue weighted by atomic mass is 35.5. The molecule has 6 nitrogen and oxygen atoms in total. The fraction of sp³-hybridized carbons (Fsp3) is 0.160. The second-order valence-corrected chi connectivity index (χ2v) is 7.98. The Kier molecular flexibility index (Phi) is 6.23. The maximum absolute atomic E-state index is 12.9. The molecule has 32 heavy (non-hydrogen) atoms. The molecule has 0 radical (unpaired) electrons. The minimum absolute atomic E-state index is 0.295. The second kappa shape index (κ2) is 9.24. The topological polar surface area (TPSA) is 70.4 Å². The van der Waals surface area contributed by atoms with Crippen LogP contribution in [0.4, 0.5) is 0 Å². The minimum Gasteiger partial charge on any atom is -0.497 e. The van der Waals surface area contributed by atoms with Crippen molar-refractivity contribution in [3.63, 3.8) is 0 Å². The van der Waals surface area contributed by atoms with Crippen LogP contribution in [0.25, 0.3) is 0 Å². The van der Waals surface area contributed by atoms with Crippen molar-refractivity contribution < 1.29 is 19.0 Å². The lowest BCUT2D eigenvalue weighted by atomic mass is 9.99. The molecule has 7 heteroatoms. The van der Waals surface area contributed by atoms with Gasteiger partial charge in [-0.05, 0) is 55.0 Å². The Hall–Kier alpha value is -3.64. The number of halogens is 1. The van der Waals surface area contributed by atoms with Gasteiger partial charge in [-0.25, -0.2) is 0 Å². The molecule has 1 aliphatic rings. The number of methoxy groups -OCH3 is 1. The highest BCUT2D eigenvalue weighted by Gasteiger charge is 2.47. The molecule has 0 aliphatic carbocycles. The molecule has 3 aromatic rings. The molecule has 2 N–H and O–H groups in total. The summed E-state index contributed by atoms with van der Waals surface area (Å²) in [6.07, 6.45) is 1.88. The van der Waals surface area contributed by atoms with Crippen molar-refractivity contribution in [1.82, 2.24) is 10.7 Å². The predicted molar refractivity (Wildman–Crippen MR) is 123 cm³/mol. The van der Waals surface area contributed by atoms with Crippen LogP contribution in [0.3, 0.4) is 0 Å². The summed E-state index contributed by atoms with van der Waals surface area (Å²) in [6, 6.07) is 20.6. The van der Waals surface area contributed by atoms with Crippen molar-refractivity contribution in [1.29, 1.82) is 0 Å². The molecule has 0 bridgehead atoms. The molecule has 2 atom stereocenters. The average Bonchev–Trinajstić information content (AvgIpc) is 3.10. The number of rotatable bonds is 5. The normalized spacial score (nSPS) is 19.0. The number of ether oxygens (including phenoxy) is 1. The number of hydrazone groups is 1. The van der Waals surface area contributed by atoms with Crippen LogP contribution in [0.2, 0.25) is 5.02 Å². The number of hydrogen-bond acceptors (Lipinski definition) is 3. The van der Waals surface area contributed by atoms with Crippen LogP contribution in [0.15, 0.2) is 72.8 Å². The van der Waals surface area contributed by atoms with Crippen molar-refractivity contribution in [3.8, 4) is 5.75 Å². The van der Waals surface area contributed by atoms with Gasteiger partial charge in [0.25, 0.3) is 5.91 Å². The zero-order chi connectivity index (χ0) is 22.7. The standard InChI is InChI=1S/C25H22ClN3O3/c1-16-5-3-4-6-19(16)15-29-23(17-7-11-20(26)12-8-17)22(25(31)28-29)27-24(30)18-9-13-21(32-2)14-10-18/h3-15,22-23H,1-2H3,(H-,27,28,30,31)/p+1/b29-15-/t22-,23-/m1/s1. The Balaban J connectivity index is 1.69. The summed E-state index contributed by atoms with van der Waals surface area (Å²) in [5.74, 6) is 0.0133. The summed E-state index contributed by atoms with van der Waals surface area (Å²) >= 11 is 6.08. The lowest BCUT2D eigenvalue weighted by Crippen LogP contribution is -2.42. The number of nitrogens with one attached hydrogen (secondary N) is 2. The van der Waals surface area contributed by atoms with Crippen LogP contribution >= 0.6 is 11.6 Å². The van der Waals surface area contributed by atoms with Crippen molar-refractivity contribution in [2.75, 3.05) is 7.11 Å². The van der Waals surface area contributed by atoms with E-state index in [-0.39, 0.29) is 11.8 Å². The van der Waals surface area contributed by atoms with Gasteiger partial charge in [-0.1, -0.05) is 41.9 Å². The van der Waals surface area contributed by atoms with E-state index in [9.17, 15) is 9.59 Å². The number of hydrazine groups is 1. The first-order valence-corrected chi connectivity index (χ1v) is 10.5. The first-order chi connectivity index (χ1) is 15.5. The third-order valence-electron chi connectivity index (χ3n) is 5.45. The molecule has 0 spiro atoms. The predicted octanol–water partition coefficient (Wildman–Crippen LogP) is 3.67. The maximum atomic E-state index is 12.9. The second-order valence-electron chi connectivity index (χ2n) is 7.55. The van der Waals surface area contributed by atoms with Crippen LogP contribution in [-0.2, 0) is 4.79 Å². The van der Waals surface area contributed by atoms with Crippen molar-refractivity contribution >= 4 is 29.6 Å². The van der Waals surface area contributed by atoms with Gasteiger partial charge in [0, 0.05) is 21.7 Å². The molecule has 0 aromatic heterocycles. The summed E-state index contributed by atoms with van der Waals surface area (Å²) in [4.78, 5) is 25.9. The summed E-state index contributed by atoms with van der Waals surface area (Å²) < 4.78 is 6.89. The number of hydrogen-bond donors (Lipinski definition) is 2. The van der Waals surface area contributed by atoms with E-state index < -0.39 is 12.1 Å². The first-order valence-electron chi connectivity index (χ1n) is 10.2. The monoisotopic (exact) mass is 448 g/mol. The lowest BCUT2D eigenvalue weighted by Gasteiger charge is -2.15. The molecule has 4 rings (SSSR count). The van der Waals surface area contributed by atoms with Crippen LogP contribution in [0.5, 0.6) is 5.75 Å². The van der Waals surface area contributed by atoms with Gasteiger partial charge in [-0.2, -0.15) is 0 Å². The van der Waals surface area contributed by atoms with E-state index in [0.717, 1.165) is 16.7 Å². The van der Waals surface area contributed by atoms with Gasteiger partial charge < -0.3 is 10.1 Å². The van der Waals surface area contributed by atoms with E-state index in [0.29, 0.717) is 16.3 Å². The summed E-state index contributed by atoms with van der Waals surface area (Å²) in [7, 11) is 1.56. The van der Waals surface area contributed by atoms with Gasteiger partial charge in [0.15, 0.2) is 6.04 Å². The van der Waals surface area contributed by atoms with E-state index in [4.69, 9.17) is 16.3 Å². The van der Waals surface area contributed by atoms with Crippen LogP contribution in [-0.4, -0.2) is 35.9 Å². The van der Waals surface area contributed by atoms with Crippen molar-refractivity contribution in [2.45, 2.75) is 19.0 Å². The number of carbonyl (C=O) groups excluding carboxylic acids is 2. The highest BCUT2D eigenvalue weighted by molar-refractivity contribution is 6.30. The Bertz CT molecular complexity index is 1170. The summed E-state index contributed by atoms with van der Waals surface area (Å²) in [5.41, 5.74) is 6.21. The number of benzene rings is 3. The number of nitrogens with zero attached hydrogens (tertiary/aromatic N) is 1. The molecule has 1 saturated heterocycles. The zero-order valence-electron chi connectivity index (χ0n) is 17.7. The Morgan fingerprint density at radius 2 is 1.75 bits per heavy atom. The van der Waals surface area contributed by atoms with Crippen LogP contribution in [0.1, 0.15) is 33.1 Å². The highest BCUT2D eigenvalue weighted by Crippen LogP contribution is 2.27.